The molecule has 0 radical (unpaired) electrons. The summed E-state index contributed by atoms with van der Waals surface area (Å²) in [6, 6.07) is 0. The van der Waals surface area contributed by atoms with E-state index in [2.05, 4.69) is 5.10 Å². The second kappa shape index (κ2) is 10.9. The first-order valence-corrected chi connectivity index (χ1v) is 4.50. The Hall–Kier alpha value is -1.10. The first kappa shape index (κ1) is 14.4. The molecule has 78 valence electrons. The zero-order valence-corrected chi connectivity index (χ0v) is 8.63. The third-order valence-electron chi connectivity index (χ3n) is 1.12. The van der Waals surface area contributed by atoms with Gasteiger partial charge in [-0.25, -0.2) is 11.4 Å². The first-order chi connectivity index (χ1) is 6.20. The van der Waals surface area contributed by atoms with Crippen molar-refractivity contribution in [3.05, 3.63) is 0 Å². The van der Waals surface area contributed by atoms with Gasteiger partial charge in [0.2, 0.25) is 0 Å². The van der Waals surface area contributed by atoms with E-state index in [4.69, 9.17) is 11.6 Å². The predicted octanol–water partition coefficient (Wildman–Crippen LogP) is 0.507. The molecule has 0 rings (SSSR count). The monoisotopic (exact) mass is 188 g/mol. The number of hydrazone groups is 1. The van der Waals surface area contributed by atoms with Gasteiger partial charge in [-0.05, 0) is 6.42 Å². The molecule has 0 aromatic heterocycles. The van der Waals surface area contributed by atoms with Crippen LogP contribution >= 0.6 is 0 Å². The summed E-state index contributed by atoms with van der Waals surface area (Å²) in [5, 5.41) is 3.45. The van der Waals surface area contributed by atoms with Gasteiger partial charge in [-0.1, -0.05) is 20.8 Å². The zero-order chi connectivity index (χ0) is 10.7. The Morgan fingerprint density at radius 2 is 2.00 bits per heavy atom. The average molecular weight is 188 g/mol. The highest BCUT2D eigenvalue weighted by molar-refractivity contribution is 5.99. The van der Waals surface area contributed by atoms with Gasteiger partial charge in [-0.2, -0.15) is 5.10 Å². The van der Waals surface area contributed by atoms with Crippen molar-refractivity contribution < 1.29 is 4.79 Å². The third-order valence-corrected chi connectivity index (χ3v) is 1.12. The molecular weight excluding hydrogens is 168 g/mol. The second-order valence-electron chi connectivity index (χ2n) is 2.20. The van der Waals surface area contributed by atoms with Crippen molar-refractivity contribution in [2.45, 2.75) is 40.0 Å². The fourth-order valence-electron chi connectivity index (χ4n) is 0.692. The minimum Gasteiger partial charge on any atom is -0.385 e. The molecule has 0 unspecified atom stereocenters. The SMILES string of the molecule is CC.CCCC(=O)C/C(N)=N/NN. The number of amidine groups is 1. The van der Waals surface area contributed by atoms with Crippen LogP contribution in [-0.2, 0) is 4.79 Å². The summed E-state index contributed by atoms with van der Waals surface area (Å²) in [4.78, 5) is 10.9. The molecule has 13 heavy (non-hydrogen) atoms. The van der Waals surface area contributed by atoms with Crippen molar-refractivity contribution in [1.82, 2.24) is 5.53 Å². The van der Waals surface area contributed by atoms with Crippen molar-refractivity contribution in [2.75, 3.05) is 0 Å². The fraction of sp³-hybridized carbons (Fsp3) is 0.750. The molecule has 0 aromatic carbocycles. The standard InChI is InChI=1S/C6H14N4O.C2H6/c1-2-3-5(11)4-6(7)9-10-8;1-2/h10H,2-4,8H2,1H3,(H2,7,9);1-2H3. The van der Waals surface area contributed by atoms with Crippen molar-refractivity contribution in [3.63, 3.8) is 0 Å². The molecule has 0 fully saturated rings. The molecule has 5 heteroatoms. The molecule has 0 amide bonds. The van der Waals surface area contributed by atoms with E-state index in [1.165, 1.54) is 0 Å². The molecule has 0 bridgehead atoms. The van der Waals surface area contributed by atoms with Gasteiger partial charge in [-0.3, -0.25) is 4.79 Å². The second-order valence-corrected chi connectivity index (χ2v) is 2.20. The van der Waals surface area contributed by atoms with Crippen molar-refractivity contribution in [1.29, 1.82) is 0 Å². The van der Waals surface area contributed by atoms with Crippen molar-refractivity contribution >= 4 is 11.6 Å². The van der Waals surface area contributed by atoms with E-state index in [0.29, 0.717) is 6.42 Å². The van der Waals surface area contributed by atoms with Crippen molar-refractivity contribution in [2.24, 2.45) is 16.7 Å². The van der Waals surface area contributed by atoms with Crippen LogP contribution in [0.2, 0.25) is 0 Å². The number of ketones is 1. The van der Waals surface area contributed by atoms with Gasteiger partial charge in [0.05, 0.1) is 6.42 Å². The highest BCUT2D eigenvalue weighted by Gasteiger charge is 2.02. The van der Waals surface area contributed by atoms with Crippen LogP contribution in [-0.4, -0.2) is 11.6 Å². The predicted molar refractivity (Wildman–Crippen MR) is 54.8 cm³/mol. The lowest BCUT2D eigenvalue weighted by atomic mass is 10.2. The molecule has 5 N–H and O–H groups in total. The van der Waals surface area contributed by atoms with Crippen LogP contribution in [0.5, 0.6) is 0 Å². The quantitative estimate of drug-likeness (QED) is 0.253. The molecule has 0 spiro atoms. The molecule has 0 aliphatic rings. The number of nitrogens with zero attached hydrogens (tertiary/aromatic N) is 1. The number of hydrogen-bond acceptors (Lipinski definition) is 4. The highest BCUT2D eigenvalue weighted by Crippen LogP contribution is 1.93. The van der Waals surface area contributed by atoms with E-state index in [1.54, 1.807) is 0 Å². The Kier molecular flexibility index (Phi) is 12.1. The van der Waals surface area contributed by atoms with Crippen LogP contribution in [0.15, 0.2) is 5.10 Å². The lowest BCUT2D eigenvalue weighted by Crippen LogP contribution is -2.24. The molecule has 0 atom stereocenters. The van der Waals surface area contributed by atoms with Gasteiger partial charge in [0.15, 0.2) is 0 Å². The Morgan fingerprint density at radius 1 is 1.46 bits per heavy atom. The fourth-order valence-corrected chi connectivity index (χ4v) is 0.692. The minimum absolute atomic E-state index is 0.0870. The number of rotatable bonds is 5. The van der Waals surface area contributed by atoms with E-state index >= 15 is 0 Å². The van der Waals surface area contributed by atoms with Crippen LogP contribution in [0, 0.1) is 0 Å². The summed E-state index contributed by atoms with van der Waals surface area (Å²) in [6.07, 6.45) is 1.56. The molecule has 0 aliphatic heterocycles. The topological polar surface area (TPSA) is 93.5 Å². The summed E-state index contributed by atoms with van der Waals surface area (Å²) in [5.74, 6) is 5.17. The maximum Gasteiger partial charge on any atom is 0.140 e. The molecular formula is C8H20N4O. The number of Topliss-reactive ketones (excluding diaryl/α,β-unsaturated/α-hetero) is 1. The van der Waals surface area contributed by atoms with E-state index < -0.39 is 0 Å². The summed E-state index contributed by atoms with van der Waals surface area (Å²) in [5.41, 5.74) is 7.33. The maximum atomic E-state index is 10.9. The number of nitrogens with one attached hydrogen (secondary N) is 1. The van der Waals surface area contributed by atoms with Crippen molar-refractivity contribution in [3.8, 4) is 0 Å². The van der Waals surface area contributed by atoms with E-state index in [0.717, 1.165) is 6.42 Å². The van der Waals surface area contributed by atoms with Crippen LogP contribution in [0.4, 0.5) is 0 Å². The molecule has 0 saturated heterocycles. The first-order valence-electron chi connectivity index (χ1n) is 4.50. The van der Waals surface area contributed by atoms with Crippen LogP contribution in [0.25, 0.3) is 0 Å². The summed E-state index contributed by atoms with van der Waals surface area (Å²) in [6.45, 7) is 5.94. The van der Waals surface area contributed by atoms with Crippen LogP contribution in [0.1, 0.15) is 40.0 Å². The molecule has 0 aromatic rings. The zero-order valence-electron chi connectivity index (χ0n) is 8.63. The third kappa shape index (κ3) is 10.9. The molecule has 0 aliphatic carbocycles. The lowest BCUT2D eigenvalue weighted by molar-refractivity contribution is -0.117. The van der Waals surface area contributed by atoms with Gasteiger partial charge in [0, 0.05) is 6.42 Å². The van der Waals surface area contributed by atoms with Gasteiger partial charge in [0.1, 0.15) is 11.6 Å². The Balaban J connectivity index is 0. The maximum absolute atomic E-state index is 10.9. The Labute approximate surface area is 79.5 Å². The molecule has 0 saturated carbocycles. The molecule has 0 heterocycles. The van der Waals surface area contributed by atoms with Gasteiger partial charge < -0.3 is 5.73 Å². The van der Waals surface area contributed by atoms with E-state index in [9.17, 15) is 4.79 Å². The van der Waals surface area contributed by atoms with E-state index in [-0.39, 0.29) is 18.0 Å². The number of nitrogens with two attached hydrogens (primary N) is 2. The normalized spacial score (nSPS) is 10.0. The highest BCUT2D eigenvalue weighted by atomic mass is 16.1. The van der Waals surface area contributed by atoms with Crippen LogP contribution < -0.4 is 17.1 Å². The minimum atomic E-state index is 0.0870. The Bertz CT molecular complexity index is 156. The lowest BCUT2D eigenvalue weighted by Gasteiger charge is -1.97. The van der Waals surface area contributed by atoms with Gasteiger partial charge in [-0.15, -0.1) is 0 Å². The largest absolute Gasteiger partial charge is 0.385 e. The summed E-state index contributed by atoms with van der Waals surface area (Å²) < 4.78 is 0. The summed E-state index contributed by atoms with van der Waals surface area (Å²) >= 11 is 0. The molecule has 5 nitrogen and oxygen atoms in total. The average Bonchev–Trinajstić information content (AvgIpc) is 2.08. The Morgan fingerprint density at radius 3 is 2.38 bits per heavy atom. The number of hydrazine groups is 1. The smallest absolute Gasteiger partial charge is 0.140 e. The van der Waals surface area contributed by atoms with Gasteiger partial charge >= 0.3 is 0 Å². The van der Waals surface area contributed by atoms with Crippen LogP contribution in [0.3, 0.4) is 0 Å². The number of carbonyl (C=O) groups excluding carboxylic acids is 1. The summed E-state index contributed by atoms with van der Waals surface area (Å²) in [7, 11) is 0. The number of hydrogen-bond donors (Lipinski definition) is 3. The number of carbonyl (C=O) groups is 1. The van der Waals surface area contributed by atoms with E-state index in [1.807, 2.05) is 26.3 Å². The van der Waals surface area contributed by atoms with Gasteiger partial charge in [0.25, 0.3) is 0 Å².